The summed E-state index contributed by atoms with van der Waals surface area (Å²) in [5.41, 5.74) is 2.44. The van der Waals surface area contributed by atoms with E-state index in [4.69, 9.17) is 9.84 Å². The van der Waals surface area contributed by atoms with Crippen molar-refractivity contribution in [3.05, 3.63) is 69.3 Å². The number of aliphatic carboxylic acids is 1. The Bertz CT molecular complexity index is 986. The number of nitrogens with zero attached hydrogens (tertiary/aromatic N) is 1. The highest BCUT2D eigenvalue weighted by molar-refractivity contribution is 9.10. The Labute approximate surface area is 169 Å². The molecule has 0 spiro atoms. The van der Waals surface area contributed by atoms with Gasteiger partial charge in [-0.05, 0) is 36.8 Å². The molecule has 7 nitrogen and oxygen atoms in total. The van der Waals surface area contributed by atoms with E-state index in [9.17, 15) is 14.4 Å². The van der Waals surface area contributed by atoms with Crippen molar-refractivity contribution in [1.29, 1.82) is 0 Å². The van der Waals surface area contributed by atoms with Gasteiger partial charge in [0.2, 0.25) is 0 Å². The molecule has 2 aromatic carbocycles. The number of ether oxygens (including phenoxy) is 1. The number of hydrogen-bond donors (Lipinski definition) is 2. The highest BCUT2D eigenvalue weighted by atomic mass is 79.9. The molecule has 1 saturated heterocycles. The largest absolute Gasteiger partial charge is 0.481 e. The Balaban J connectivity index is 1.85. The van der Waals surface area contributed by atoms with Gasteiger partial charge in [-0.15, -0.1) is 0 Å². The molecule has 1 aliphatic rings. The highest BCUT2D eigenvalue weighted by Gasteiger charge is 2.33. The van der Waals surface area contributed by atoms with Crippen molar-refractivity contribution in [2.24, 2.45) is 0 Å². The number of benzene rings is 2. The smallest absolute Gasteiger partial charge is 0.341 e. The molecule has 0 atom stereocenters. The Morgan fingerprint density at radius 1 is 1.25 bits per heavy atom. The van der Waals surface area contributed by atoms with Crippen LogP contribution in [0.3, 0.4) is 0 Å². The molecule has 0 aliphatic carbocycles. The molecule has 0 unspecified atom stereocenters. The molecule has 0 radical (unpaired) electrons. The second kappa shape index (κ2) is 8.26. The minimum atomic E-state index is -1.11. The molecule has 1 aliphatic heterocycles. The third kappa shape index (κ3) is 4.58. The van der Waals surface area contributed by atoms with Crippen LogP contribution in [-0.4, -0.2) is 34.5 Å². The van der Waals surface area contributed by atoms with E-state index in [0.717, 1.165) is 20.5 Å². The number of halogens is 1. The van der Waals surface area contributed by atoms with Gasteiger partial charge >= 0.3 is 12.0 Å². The third-order valence-electron chi connectivity index (χ3n) is 4.01. The van der Waals surface area contributed by atoms with Crippen molar-refractivity contribution in [2.75, 3.05) is 6.61 Å². The van der Waals surface area contributed by atoms with E-state index < -0.39 is 24.5 Å². The Morgan fingerprint density at radius 3 is 2.75 bits per heavy atom. The number of carboxylic acids is 1. The lowest BCUT2D eigenvalue weighted by atomic mass is 10.1. The van der Waals surface area contributed by atoms with Crippen LogP contribution >= 0.6 is 15.9 Å². The minimum Gasteiger partial charge on any atom is -0.481 e. The van der Waals surface area contributed by atoms with Gasteiger partial charge in [0.1, 0.15) is 11.4 Å². The number of aryl methyl sites for hydroxylation is 1. The number of carbonyl (C=O) groups is 3. The second-order valence-corrected chi connectivity index (χ2v) is 7.15. The first-order valence-electron chi connectivity index (χ1n) is 8.38. The Morgan fingerprint density at radius 2 is 2.04 bits per heavy atom. The Hall–Kier alpha value is -3.13. The molecule has 8 heteroatoms. The van der Waals surface area contributed by atoms with Gasteiger partial charge < -0.3 is 15.2 Å². The number of imide groups is 1. The Kier molecular flexibility index (Phi) is 5.79. The van der Waals surface area contributed by atoms with Crippen molar-refractivity contribution in [3.63, 3.8) is 0 Å². The molecule has 3 rings (SSSR count). The topological polar surface area (TPSA) is 95.9 Å². The number of rotatable bonds is 6. The van der Waals surface area contributed by atoms with Crippen molar-refractivity contribution >= 4 is 39.9 Å². The van der Waals surface area contributed by atoms with Gasteiger partial charge in [0.05, 0.1) is 6.54 Å². The van der Waals surface area contributed by atoms with E-state index in [1.165, 1.54) is 6.08 Å². The molecule has 0 aromatic heterocycles. The van der Waals surface area contributed by atoms with Gasteiger partial charge in [-0.3, -0.25) is 9.69 Å². The molecule has 2 aromatic rings. The van der Waals surface area contributed by atoms with Crippen LogP contribution in [0.15, 0.2) is 52.6 Å². The summed E-state index contributed by atoms with van der Waals surface area (Å²) in [4.78, 5) is 36.9. The summed E-state index contributed by atoms with van der Waals surface area (Å²) < 4.78 is 5.98. The van der Waals surface area contributed by atoms with Crippen LogP contribution in [0.2, 0.25) is 0 Å². The fraction of sp³-hybridized carbons (Fsp3) is 0.150. The number of carbonyl (C=O) groups excluding carboxylic acids is 2. The van der Waals surface area contributed by atoms with Crippen LogP contribution in [0.5, 0.6) is 5.75 Å². The maximum absolute atomic E-state index is 12.7. The van der Waals surface area contributed by atoms with Crippen molar-refractivity contribution in [3.8, 4) is 5.75 Å². The first-order valence-corrected chi connectivity index (χ1v) is 9.17. The van der Waals surface area contributed by atoms with Crippen molar-refractivity contribution < 1.29 is 24.2 Å². The maximum Gasteiger partial charge on any atom is 0.341 e. The van der Waals surface area contributed by atoms with Gasteiger partial charge in [0, 0.05) is 10.0 Å². The molecule has 0 saturated carbocycles. The summed E-state index contributed by atoms with van der Waals surface area (Å²) in [6, 6.07) is 12.0. The maximum atomic E-state index is 12.7. The summed E-state index contributed by atoms with van der Waals surface area (Å²) in [6.07, 6.45) is 1.47. The van der Waals surface area contributed by atoms with Crippen LogP contribution in [0.4, 0.5) is 4.79 Å². The molecule has 144 valence electrons. The molecule has 2 N–H and O–H groups in total. The molecule has 1 heterocycles. The lowest BCUT2D eigenvalue weighted by Gasteiger charge is -2.12. The van der Waals surface area contributed by atoms with Crippen LogP contribution < -0.4 is 10.1 Å². The number of amides is 3. The number of urea groups is 1. The van der Waals surface area contributed by atoms with E-state index >= 15 is 0 Å². The van der Waals surface area contributed by atoms with Crippen LogP contribution in [0, 0.1) is 6.92 Å². The van der Waals surface area contributed by atoms with E-state index in [0.29, 0.717) is 5.56 Å². The van der Waals surface area contributed by atoms with Gasteiger partial charge in [0.15, 0.2) is 6.61 Å². The molecular formula is C20H17BrN2O5. The van der Waals surface area contributed by atoms with Gasteiger partial charge in [-0.1, -0.05) is 45.8 Å². The number of nitrogens with one attached hydrogen (secondary N) is 1. The SMILES string of the molecule is Cc1cccc(CN2C(=O)N/C(=C/c3cc(Br)ccc3OCC(=O)O)C2=O)c1. The first-order chi connectivity index (χ1) is 13.3. The summed E-state index contributed by atoms with van der Waals surface area (Å²) in [5.74, 6) is -1.29. The predicted molar refractivity (Wildman–Crippen MR) is 106 cm³/mol. The minimum absolute atomic E-state index is 0.0935. The lowest BCUT2D eigenvalue weighted by molar-refractivity contribution is -0.139. The van der Waals surface area contributed by atoms with Crippen LogP contribution in [0.1, 0.15) is 16.7 Å². The zero-order valence-corrected chi connectivity index (χ0v) is 16.5. The monoisotopic (exact) mass is 444 g/mol. The van der Waals surface area contributed by atoms with Crippen LogP contribution in [-0.2, 0) is 16.1 Å². The average molecular weight is 445 g/mol. The normalized spacial score (nSPS) is 15.1. The molecular weight excluding hydrogens is 428 g/mol. The van der Waals surface area contributed by atoms with Gasteiger partial charge in [-0.2, -0.15) is 0 Å². The van der Waals surface area contributed by atoms with E-state index in [2.05, 4.69) is 21.2 Å². The highest BCUT2D eigenvalue weighted by Crippen LogP contribution is 2.27. The van der Waals surface area contributed by atoms with E-state index in [1.807, 2.05) is 31.2 Å². The number of hydrogen-bond acceptors (Lipinski definition) is 4. The van der Waals surface area contributed by atoms with Crippen molar-refractivity contribution in [2.45, 2.75) is 13.5 Å². The molecule has 0 bridgehead atoms. The average Bonchev–Trinajstić information content (AvgIpc) is 2.88. The lowest BCUT2D eigenvalue weighted by Crippen LogP contribution is -2.30. The van der Waals surface area contributed by atoms with Crippen molar-refractivity contribution in [1.82, 2.24) is 10.2 Å². The van der Waals surface area contributed by atoms with Gasteiger partial charge in [0.25, 0.3) is 5.91 Å². The second-order valence-electron chi connectivity index (χ2n) is 6.23. The van der Waals surface area contributed by atoms with E-state index in [-0.39, 0.29) is 18.0 Å². The first kappa shape index (κ1) is 19.6. The summed E-state index contributed by atoms with van der Waals surface area (Å²) in [6.45, 7) is 1.58. The summed E-state index contributed by atoms with van der Waals surface area (Å²) in [7, 11) is 0. The summed E-state index contributed by atoms with van der Waals surface area (Å²) in [5, 5.41) is 11.4. The molecule has 3 amide bonds. The summed E-state index contributed by atoms with van der Waals surface area (Å²) >= 11 is 3.33. The third-order valence-corrected chi connectivity index (χ3v) is 4.50. The predicted octanol–water partition coefficient (Wildman–Crippen LogP) is 3.31. The van der Waals surface area contributed by atoms with Crippen LogP contribution in [0.25, 0.3) is 6.08 Å². The molecule has 1 fully saturated rings. The fourth-order valence-corrected chi connectivity index (χ4v) is 3.15. The zero-order chi connectivity index (χ0) is 20.3. The van der Waals surface area contributed by atoms with Gasteiger partial charge in [-0.25, -0.2) is 9.59 Å². The quantitative estimate of drug-likeness (QED) is 0.526. The zero-order valence-electron chi connectivity index (χ0n) is 14.9. The number of carboxylic acid groups (broad SMARTS) is 1. The van der Waals surface area contributed by atoms with E-state index in [1.54, 1.807) is 18.2 Å². The standard InChI is InChI=1S/C20H17BrN2O5/c1-12-3-2-4-13(7-12)10-23-19(26)16(22-20(23)27)9-14-8-15(21)5-6-17(14)28-11-18(24)25/h2-9H,10-11H2,1H3,(H,22,27)(H,24,25)/b16-9+. The fourth-order valence-electron chi connectivity index (χ4n) is 2.77. The molecule has 28 heavy (non-hydrogen) atoms.